The zero-order valence-corrected chi connectivity index (χ0v) is 10.2. The second-order valence-electron chi connectivity index (χ2n) is 4.11. The number of methoxy groups -OCH3 is 1. The number of esters is 1. The number of aryl methyl sites for hydroxylation is 2. The Hall–Kier alpha value is -1.42. The van der Waals surface area contributed by atoms with Crippen molar-refractivity contribution in [2.24, 2.45) is 5.73 Å². The van der Waals surface area contributed by atoms with E-state index in [-0.39, 0.29) is 11.8 Å². The van der Waals surface area contributed by atoms with Gasteiger partial charge in [0.25, 0.3) is 0 Å². The highest BCUT2D eigenvalue weighted by atomic mass is 19.1. The second kappa shape index (κ2) is 6.35. The molecule has 0 amide bonds. The average molecular weight is 239 g/mol. The smallest absolute Gasteiger partial charge is 0.322 e. The molecule has 0 fully saturated rings. The Morgan fingerprint density at radius 2 is 2.24 bits per heavy atom. The maximum Gasteiger partial charge on any atom is 0.322 e. The van der Waals surface area contributed by atoms with Gasteiger partial charge in [0.2, 0.25) is 0 Å². The summed E-state index contributed by atoms with van der Waals surface area (Å²) in [5, 5.41) is 0. The van der Waals surface area contributed by atoms with Crippen molar-refractivity contribution in [1.82, 2.24) is 0 Å². The largest absolute Gasteiger partial charge is 0.468 e. The van der Waals surface area contributed by atoms with Crippen LogP contribution in [-0.4, -0.2) is 19.1 Å². The van der Waals surface area contributed by atoms with Crippen LogP contribution in [0.15, 0.2) is 18.2 Å². The summed E-state index contributed by atoms with van der Waals surface area (Å²) in [6.45, 7) is 1.74. The van der Waals surface area contributed by atoms with Crippen LogP contribution < -0.4 is 5.73 Å². The monoisotopic (exact) mass is 239 g/mol. The fraction of sp³-hybridized carbons (Fsp3) is 0.462. The van der Waals surface area contributed by atoms with Gasteiger partial charge in [-0.15, -0.1) is 0 Å². The second-order valence-corrected chi connectivity index (χ2v) is 4.11. The lowest BCUT2D eigenvalue weighted by Crippen LogP contribution is -2.31. The molecule has 0 spiro atoms. The van der Waals surface area contributed by atoms with Crippen LogP contribution in [0, 0.1) is 12.7 Å². The molecule has 1 atom stereocenters. The number of benzene rings is 1. The van der Waals surface area contributed by atoms with Crippen LogP contribution in [0.2, 0.25) is 0 Å². The van der Waals surface area contributed by atoms with E-state index in [4.69, 9.17) is 5.73 Å². The SMILES string of the molecule is COC(=O)C(N)CCCc1ccc(F)c(C)c1. The van der Waals surface area contributed by atoms with Crippen LogP contribution in [0.5, 0.6) is 0 Å². The summed E-state index contributed by atoms with van der Waals surface area (Å²) < 4.78 is 17.6. The normalized spacial score (nSPS) is 12.2. The summed E-state index contributed by atoms with van der Waals surface area (Å²) in [4.78, 5) is 11.1. The molecular formula is C13H18FNO2. The van der Waals surface area contributed by atoms with E-state index in [2.05, 4.69) is 4.74 Å². The number of hydrogen-bond acceptors (Lipinski definition) is 3. The maximum atomic E-state index is 13.0. The minimum absolute atomic E-state index is 0.194. The number of ether oxygens (including phenoxy) is 1. The highest BCUT2D eigenvalue weighted by Gasteiger charge is 2.12. The first kappa shape index (κ1) is 13.6. The van der Waals surface area contributed by atoms with Crippen molar-refractivity contribution in [1.29, 1.82) is 0 Å². The van der Waals surface area contributed by atoms with Crippen molar-refractivity contribution < 1.29 is 13.9 Å². The van der Waals surface area contributed by atoms with Crippen molar-refractivity contribution in [3.8, 4) is 0 Å². The Labute approximate surface area is 101 Å². The third kappa shape index (κ3) is 4.15. The number of halogens is 1. The molecule has 0 saturated carbocycles. The highest BCUT2D eigenvalue weighted by molar-refractivity contribution is 5.75. The molecule has 1 aromatic carbocycles. The Kier molecular flexibility index (Phi) is 5.10. The summed E-state index contributed by atoms with van der Waals surface area (Å²) in [6, 6.07) is 4.47. The third-order valence-corrected chi connectivity index (χ3v) is 2.71. The van der Waals surface area contributed by atoms with Gasteiger partial charge in [-0.05, 0) is 43.4 Å². The lowest BCUT2D eigenvalue weighted by molar-refractivity contribution is -0.142. The molecule has 0 saturated heterocycles. The first-order valence-corrected chi connectivity index (χ1v) is 5.63. The molecule has 0 radical (unpaired) electrons. The lowest BCUT2D eigenvalue weighted by atomic mass is 10.0. The van der Waals surface area contributed by atoms with Gasteiger partial charge in [-0.2, -0.15) is 0 Å². The minimum Gasteiger partial charge on any atom is -0.468 e. The van der Waals surface area contributed by atoms with Gasteiger partial charge >= 0.3 is 5.97 Å². The standard InChI is InChI=1S/C13H18FNO2/c1-9-8-10(6-7-11(9)14)4-3-5-12(15)13(16)17-2/h6-8,12H,3-5,15H2,1-2H3. The molecule has 1 unspecified atom stereocenters. The fourth-order valence-corrected chi connectivity index (χ4v) is 1.66. The van der Waals surface area contributed by atoms with Gasteiger partial charge in [0, 0.05) is 0 Å². The van der Waals surface area contributed by atoms with Crippen LogP contribution >= 0.6 is 0 Å². The molecule has 0 aliphatic carbocycles. The van der Waals surface area contributed by atoms with Crippen LogP contribution in [0.1, 0.15) is 24.0 Å². The Bertz CT molecular complexity index is 393. The summed E-state index contributed by atoms with van der Waals surface area (Å²) >= 11 is 0. The van der Waals surface area contributed by atoms with Crippen molar-refractivity contribution in [2.75, 3.05) is 7.11 Å². The molecular weight excluding hydrogens is 221 g/mol. The van der Waals surface area contributed by atoms with Crippen molar-refractivity contribution in [2.45, 2.75) is 32.2 Å². The fourth-order valence-electron chi connectivity index (χ4n) is 1.66. The van der Waals surface area contributed by atoms with Gasteiger partial charge in [-0.3, -0.25) is 4.79 Å². The molecule has 17 heavy (non-hydrogen) atoms. The van der Waals surface area contributed by atoms with Gasteiger partial charge in [-0.1, -0.05) is 12.1 Å². The van der Waals surface area contributed by atoms with E-state index in [9.17, 15) is 9.18 Å². The van der Waals surface area contributed by atoms with Crippen LogP contribution in [-0.2, 0) is 16.0 Å². The van der Waals surface area contributed by atoms with Crippen LogP contribution in [0.25, 0.3) is 0 Å². The Morgan fingerprint density at radius 3 is 2.82 bits per heavy atom. The number of carbonyl (C=O) groups is 1. The van der Waals surface area contributed by atoms with Gasteiger partial charge in [0.1, 0.15) is 11.9 Å². The molecule has 0 heterocycles. The Balaban J connectivity index is 2.40. The quantitative estimate of drug-likeness (QED) is 0.799. The number of rotatable bonds is 5. The van der Waals surface area contributed by atoms with Crippen LogP contribution in [0.3, 0.4) is 0 Å². The molecule has 0 bridgehead atoms. The molecule has 0 aromatic heterocycles. The predicted molar refractivity (Wildman–Crippen MR) is 64.1 cm³/mol. The van der Waals surface area contributed by atoms with Crippen molar-refractivity contribution >= 4 is 5.97 Å². The third-order valence-electron chi connectivity index (χ3n) is 2.71. The molecule has 2 N–H and O–H groups in total. The Morgan fingerprint density at radius 1 is 1.53 bits per heavy atom. The van der Waals surface area contributed by atoms with E-state index in [1.54, 1.807) is 13.0 Å². The zero-order valence-electron chi connectivity index (χ0n) is 10.2. The van der Waals surface area contributed by atoms with Crippen LogP contribution in [0.4, 0.5) is 4.39 Å². The van der Waals surface area contributed by atoms with Gasteiger partial charge in [0.05, 0.1) is 7.11 Å². The first-order chi connectivity index (χ1) is 8.04. The van der Waals surface area contributed by atoms with Crippen molar-refractivity contribution in [3.63, 3.8) is 0 Å². The number of hydrogen-bond donors (Lipinski definition) is 1. The molecule has 0 aliphatic rings. The molecule has 1 aromatic rings. The van der Waals surface area contributed by atoms with E-state index in [1.165, 1.54) is 13.2 Å². The van der Waals surface area contributed by atoms with E-state index in [0.29, 0.717) is 12.0 Å². The molecule has 3 nitrogen and oxygen atoms in total. The summed E-state index contributed by atoms with van der Waals surface area (Å²) in [5.41, 5.74) is 7.31. The zero-order chi connectivity index (χ0) is 12.8. The highest BCUT2D eigenvalue weighted by Crippen LogP contribution is 2.12. The molecule has 0 aliphatic heterocycles. The first-order valence-electron chi connectivity index (χ1n) is 5.63. The molecule has 1 rings (SSSR count). The van der Waals surface area contributed by atoms with E-state index in [1.807, 2.05) is 6.07 Å². The minimum atomic E-state index is -0.568. The predicted octanol–water partition coefficient (Wildman–Crippen LogP) is 1.96. The maximum absolute atomic E-state index is 13.0. The van der Waals surface area contributed by atoms with E-state index >= 15 is 0 Å². The van der Waals surface area contributed by atoms with E-state index < -0.39 is 6.04 Å². The van der Waals surface area contributed by atoms with Gasteiger partial charge < -0.3 is 10.5 Å². The average Bonchev–Trinajstić information content (AvgIpc) is 2.32. The molecule has 4 heteroatoms. The van der Waals surface area contributed by atoms with E-state index in [0.717, 1.165) is 18.4 Å². The lowest BCUT2D eigenvalue weighted by Gasteiger charge is -2.09. The van der Waals surface area contributed by atoms with Gasteiger partial charge in [-0.25, -0.2) is 4.39 Å². The topological polar surface area (TPSA) is 52.3 Å². The summed E-state index contributed by atoms with van der Waals surface area (Å²) in [7, 11) is 1.32. The number of carbonyl (C=O) groups excluding carboxylic acids is 1. The van der Waals surface area contributed by atoms with Crippen molar-refractivity contribution in [3.05, 3.63) is 35.1 Å². The molecule has 94 valence electrons. The van der Waals surface area contributed by atoms with Gasteiger partial charge in [0.15, 0.2) is 0 Å². The summed E-state index contributed by atoms with van der Waals surface area (Å²) in [6.07, 6.45) is 2.14. The number of nitrogens with two attached hydrogens (primary N) is 1. The summed E-state index contributed by atoms with van der Waals surface area (Å²) in [5.74, 6) is -0.583.